The van der Waals surface area contributed by atoms with Crippen LogP contribution in [0.4, 0.5) is 4.39 Å². The van der Waals surface area contributed by atoms with Crippen LogP contribution >= 0.6 is 0 Å². The molecule has 0 unspecified atom stereocenters. The van der Waals surface area contributed by atoms with E-state index >= 15 is 0 Å². The second-order valence-electron chi connectivity index (χ2n) is 10.8. The number of imidazole rings is 1. The van der Waals surface area contributed by atoms with E-state index in [0.29, 0.717) is 31.0 Å². The minimum absolute atomic E-state index is 0.0724. The van der Waals surface area contributed by atoms with E-state index in [-0.39, 0.29) is 41.6 Å². The second kappa shape index (κ2) is 9.34. The molecule has 0 saturated carbocycles. The van der Waals surface area contributed by atoms with Crippen LogP contribution in [0.3, 0.4) is 0 Å². The molecule has 0 radical (unpaired) electrons. The standard InChI is InChI=1S/C27H31FN6O2/c1-26(2,3)20-15-21(18-8-10-19(28)11-9-18)31-34-16-22(30-24(20)34)25(36)33-14-13-32(17-27(33,4)5)23(35)7-6-12-29/h8-11,15-16H,6-7,13-14,17H2,1-5H3. The number of aromatic nitrogens is 3. The van der Waals surface area contributed by atoms with Crippen molar-refractivity contribution in [2.75, 3.05) is 19.6 Å². The van der Waals surface area contributed by atoms with Crippen molar-refractivity contribution < 1.29 is 14.0 Å². The van der Waals surface area contributed by atoms with Crippen molar-refractivity contribution >= 4 is 17.5 Å². The Labute approximate surface area is 210 Å². The number of nitriles is 1. The lowest BCUT2D eigenvalue weighted by Gasteiger charge is -2.46. The maximum Gasteiger partial charge on any atom is 0.274 e. The van der Waals surface area contributed by atoms with Crippen LogP contribution in [-0.2, 0) is 10.2 Å². The summed E-state index contributed by atoms with van der Waals surface area (Å²) in [7, 11) is 0. The van der Waals surface area contributed by atoms with E-state index in [2.05, 4.69) is 25.9 Å². The number of carbonyl (C=O) groups is 2. The fourth-order valence-electron chi connectivity index (χ4n) is 4.60. The predicted molar refractivity (Wildman–Crippen MR) is 134 cm³/mol. The average Bonchev–Trinajstić information content (AvgIpc) is 3.25. The second-order valence-corrected chi connectivity index (χ2v) is 10.8. The molecule has 4 rings (SSSR count). The lowest BCUT2D eigenvalue weighted by molar-refractivity contribution is -0.135. The Hall–Kier alpha value is -3.80. The van der Waals surface area contributed by atoms with Gasteiger partial charge in [0.05, 0.1) is 23.5 Å². The molecule has 0 bridgehead atoms. The van der Waals surface area contributed by atoms with Gasteiger partial charge in [-0.2, -0.15) is 10.4 Å². The number of hydrogen-bond acceptors (Lipinski definition) is 5. The van der Waals surface area contributed by atoms with Crippen LogP contribution in [0, 0.1) is 17.1 Å². The summed E-state index contributed by atoms with van der Waals surface area (Å²) in [6, 6.07) is 10.1. The maximum absolute atomic E-state index is 13.6. The number of carbonyl (C=O) groups excluding carboxylic acids is 2. The minimum Gasteiger partial charge on any atom is -0.339 e. The molecule has 3 aromatic rings. The number of benzene rings is 1. The van der Waals surface area contributed by atoms with Gasteiger partial charge in [-0.15, -0.1) is 0 Å². The summed E-state index contributed by atoms with van der Waals surface area (Å²) in [5, 5.41) is 13.5. The third kappa shape index (κ3) is 4.94. The summed E-state index contributed by atoms with van der Waals surface area (Å²) >= 11 is 0. The fourth-order valence-corrected chi connectivity index (χ4v) is 4.60. The number of amides is 2. The van der Waals surface area contributed by atoms with Crippen LogP contribution in [0.2, 0.25) is 0 Å². The van der Waals surface area contributed by atoms with Crippen molar-refractivity contribution in [1.82, 2.24) is 24.4 Å². The third-order valence-electron chi connectivity index (χ3n) is 6.54. The first-order chi connectivity index (χ1) is 16.9. The van der Waals surface area contributed by atoms with E-state index < -0.39 is 5.54 Å². The van der Waals surface area contributed by atoms with Gasteiger partial charge in [0.2, 0.25) is 5.91 Å². The zero-order valence-electron chi connectivity index (χ0n) is 21.4. The van der Waals surface area contributed by atoms with Gasteiger partial charge in [0.15, 0.2) is 5.65 Å². The number of piperazine rings is 1. The van der Waals surface area contributed by atoms with Crippen LogP contribution in [0.15, 0.2) is 36.5 Å². The van der Waals surface area contributed by atoms with Gasteiger partial charge in [0.25, 0.3) is 5.91 Å². The maximum atomic E-state index is 13.6. The first-order valence-electron chi connectivity index (χ1n) is 12.0. The quantitative estimate of drug-likeness (QED) is 0.546. The van der Waals surface area contributed by atoms with Crippen molar-refractivity contribution in [3.05, 3.63) is 53.6 Å². The lowest BCUT2D eigenvalue weighted by Crippen LogP contribution is -2.62. The van der Waals surface area contributed by atoms with E-state index in [4.69, 9.17) is 10.2 Å². The summed E-state index contributed by atoms with van der Waals surface area (Å²) in [6.07, 6.45) is 2.01. The van der Waals surface area contributed by atoms with Crippen LogP contribution < -0.4 is 0 Å². The van der Waals surface area contributed by atoms with E-state index in [1.807, 2.05) is 26.0 Å². The van der Waals surface area contributed by atoms with Crippen molar-refractivity contribution in [1.29, 1.82) is 5.26 Å². The molecule has 1 aromatic carbocycles. The molecule has 1 aliphatic heterocycles. The van der Waals surface area contributed by atoms with Gasteiger partial charge in [0, 0.05) is 43.6 Å². The molecular formula is C27H31FN6O2. The Morgan fingerprint density at radius 2 is 1.86 bits per heavy atom. The minimum atomic E-state index is -0.604. The molecule has 3 heterocycles. The fraction of sp³-hybridized carbons (Fsp3) is 0.444. The molecule has 36 heavy (non-hydrogen) atoms. The zero-order valence-corrected chi connectivity index (χ0v) is 21.4. The Morgan fingerprint density at radius 3 is 2.47 bits per heavy atom. The largest absolute Gasteiger partial charge is 0.339 e. The molecule has 0 spiro atoms. The molecule has 2 amide bonds. The molecule has 188 valence electrons. The first kappa shape index (κ1) is 25.3. The van der Waals surface area contributed by atoms with Crippen molar-refractivity contribution in [2.24, 2.45) is 0 Å². The highest BCUT2D eigenvalue weighted by atomic mass is 19.1. The Balaban J connectivity index is 1.67. The summed E-state index contributed by atoms with van der Waals surface area (Å²) < 4.78 is 15.1. The Morgan fingerprint density at radius 1 is 1.17 bits per heavy atom. The van der Waals surface area contributed by atoms with E-state index in [1.54, 1.807) is 32.6 Å². The summed E-state index contributed by atoms with van der Waals surface area (Å²) in [6.45, 7) is 11.2. The predicted octanol–water partition coefficient (Wildman–Crippen LogP) is 4.20. The molecule has 0 atom stereocenters. The zero-order chi connectivity index (χ0) is 26.3. The highest BCUT2D eigenvalue weighted by molar-refractivity contribution is 5.94. The lowest BCUT2D eigenvalue weighted by atomic mass is 9.87. The normalized spacial score (nSPS) is 15.7. The average molecular weight is 491 g/mol. The van der Waals surface area contributed by atoms with Gasteiger partial charge in [-0.1, -0.05) is 20.8 Å². The van der Waals surface area contributed by atoms with Crippen LogP contribution in [0.1, 0.15) is 63.5 Å². The van der Waals surface area contributed by atoms with E-state index in [9.17, 15) is 14.0 Å². The molecule has 1 fully saturated rings. The Kier molecular flexibility index (Phi) is 6.56. The molecule has 0 aliphatic carbocycles. The van der Waals surface area contributed by atoms with E-state index in [1.165, 1.54) is 12.1 Å². The Bertz CT molecular complexity index is 1350. The number of hydrogen-bond donors (Lipinski definition) is 0. The van der Waals surface area contributed by atoms with Gasteiger partial charge < -0.3 is 9.80 Å². The SMILES string of the molecule is CC(C)(C)c1cc(-c2ccc(F)cc2)nn2cc(C(=O)N3CCN(C(=O)CCC#N)CC3(C)C)nc12. The topological polar surface area (TPSA) is 94.6 Å². The molecule has 1 aliphatic rings. The number of nitrogens with zero attached hydrogens (tertiary/aromatic N) is 6. The smallest absolute Gasteiger partial charge is 0.274 e. The highest BCUT2D eigenvalue weighted by Gasteiger charge is 2.39. The molecular weight excluding hydrogens is 459 g/mol. The third-order valence-corrected chi connectivity index (χ3v) is 6.54. The van der Waals surface area contributed by atoms with Crippen LogP contribution in [0.5, 0.6) is 0 Å². The van der Waals surface area contributed by atoms with Gasteiger partial charge >= 0.3 is 0 Å². The van der Waals surface area contributed by atoms with Crippen molar-refractivity contribution in [3.8, 4) is 17.3 Å². The summed E-state index contributed by atoms with van der Waals surface area (Å²) in [5.74, 6) is -0.615. The molecule has 1 saturated heterocycles. The first-order valence-corrected chi connectivity index (χ1v) is 12.0. The molecule has 8 nitrogen and oxygen atoms in total. The monoisotopic (exact) mass is 490 g/mol. The number of halogens is 1. The summed E-state index contributed by atoms with van der Waals surface area (Å²) in [5.41, 5.74) is 2.34. The number of fused-ring (bicyclic) bond motifs is 1. The summed E-state index contributed by atoms with van der Waals surface area (Å²) in [4.78, 5) is 34.2. The van der Waals surface area contributed by atoms with Gasteiger partial charge in [-0.25, -0.2) is 13.9 Å². The van der Waals surface area contributed by atoms with Gasteiger partial charge in [-0.3, -0.25) is 9.59 Å². The molecule has 9 heteroatoms. The number of rotatable bonds is 4. The molecule has 0 N–H and O–H groups in total. The molecule has 2 aromatic heterocycles. The van der Waals surface area contributed by atoms with Gasteiger partial charge in [0.1, 0.15) is 11.5 Å². The highest BCUT2D eigenvalue weighted by Crippen LogP contribution is 2.31. The van der Waals surface area contributed by atoms with Crippen molar-refractivity contribution in [3.63, 3.8) is 0 Å². The van der Waals surface area contributed by atoms with Gasteiger partial charge in [-0.05, 0) is 49.6 Å². The van der Waals surface area contributed by atoms with Crippen LogP contribution in [-0.4, -0.2) is 61.4 Å². The van der Waals surface area contributed by atoms with Crippen LogP contribution in [0.25, 0.3) is 16.9 Å². The van der Waals surface area contributed by atoms with E-state index in [0.717, 1.165) is 11.1 Å². The van der Waals surface area contributed by atoms with Crippen molar-refractivity contribution in [2.45, 2.75) is 58.4 Å².